The van der Waals surface area contributed by atoms with Gasteiger partial charge in [0.2, 0.25) is 0 Å². The molecule has 0 aliphatic heterocycles. The molecule has 0 heterocycles. The molecule has 0 radical (unpaired) electrons. The summed E-state index contributed by atoms with van der Waals surface area (Å²) in [7, 11) is 2.18. The van der Waals surface area contributed by atoms with Crippen LogP contribution < -0.4 is 0 Å². The second-order valence-corrected chi connectivity index (χ2v) is 3.28. The van der Waals surface area contributed by atoms with Crippen molar-refractivity contribution in [2.24, 2.45) is 0 Å². The van der Waals surface area contributed by atoms with Gasteiger partial charge in [-0.1, -0.05) is 18.8 Å². The van der Waals surface area contributed by atoms with E-state index < -0.39 is 0 Å². The third-order valence-electron chi connectivity index (χ3n) is 2.45. The van der Waals surface area contributed by atoms with Crippen molar-refractivity contribution in [2.75, 3.05) is 13.6 Å². The highest BCUT2D eigenvalue weighted by Crippen LogP contribution is 2.21. The summed E-state index contributed by atoms with van der Waals surface area (Å²) in [6, 6.07) is 0.816. The van der Waals surface area contributed by atoms with E-state index in [9.17, 15) is 0 Å². The van der Waals surface area contributed by atoms with Crippen LogP contribution >= 0.6 is 0 Å². The molecule has 0 bridgehead atoms. The molecule has 1 aliphatic carbocycles. The van der Waals surface area contributed by atoms with E-state index in [0.717, 1.165) is 12.6 Å². The molecule has 0 saturated heterocycles. The summed E-state index contributed by atoms with van der Waals surface area (Å²) < 4.78 is 0. The third-order valence-corrected chi connectivity index (χ3v) is 2.45. The molecule has 0 unspecified atom stereocenters. The van der Waals surface area contributed by atoms with Crippen molar-refractivity contribution in [1.82, 2.24) is 4.90 Å². The molecule has 11 heavy (non-hydrogen) atoms. The lowest BCUT2D eigenvalue weighted by atomic mass is 10.2. The fourth-order valence-electron chi connectivity index (χ4n) is 1.68. The molecule has 1 aliphatic rings. The van der Waals surface area contributed by atoms with Crippen molar-refractivity contribution in [3.63, 3.8) is 0 Å². The average Bonchev–Trinajstić information content (AvgIpc) is 2.52. The van der Waals surface area contributed by atoms with Gasteiger partial charge in [-0.05, 0) is 26.8 Å². The zero-order valence-electron chi connectivity index (χ0n) is 7.56. The smallest absolute Gasteiger partial charge is 0.0601 e. The first-order valence-electron chi connectivity index (χ1n) is 4.44. The summed E-state index contributed by atoms with van der Waals surface area (Å²) in [5.74, 6) is 6.03. The lowest BCUT2D eigenvalue weighted by molar-refractivity contribution is 0.275. The van der Waals surface area contributed by atoms with Gasteiger partial charge in [0.05, 0.1) is 6.54 Å². The van der Waals surface area contributed by atoms with Gasteiger partial charge in [0.15, 0.2) is 0 Å². The van der Waals surface area contributed by atoms with Gasteiger partial charge in [-0.25, -0.2) is 0 Å². The van der Waals surface area contributed by atoms with Gasteiger partial charge in [0.1, 0.15) is 0 Å². The molecule has 1 nitrogen and oxygen atoms in total. The number of hydrogen-bond donors (Lipinski definition) is 0. The van der Waals surface area contributed by atoms with E-state index in [1.807, 2.05) is 6.92 Å². The van der Waals surface area contributed by atoms with E-state index >= 15 is 0 Å². The minimum atomic E-state index is 0.816. The predicted octanol–water partition coefficient (Wildman–Crippen LogP) is 1.88. The molecule has 1 heteroatoms. The molecule has 1 rings (SSSR count). The summed E-state index contributed by atoms with van der Waals surface area (Å²) in [6.07, 6.45) is 5.58. The maximum atomic E-state index is 3.10. The number of nitrogens with zero attached hydrogens (tertiary/aromatic N) is 1. The van der Waals surface area contributed by atoms with E-state index in [4.69, 9.17) is 0 Å². The van der Waals surface area contributed by atoms with Gasteiger partial charge >= 0.3 is 0 Å². The predicted molar refractivity (Wildman–Crippen MR) is 48.3 cm³/mol. The Balaban J connectivity index is 2.26. The fourth-order valence-corrected chi connectivity index (χ4v) is 1.68. The minimum absolute atomic E-state index is 0.816. The topological polar surface area (TPSA) is 3.24 Å². The van der Waals surface area contributed by atoms with Crippen molar-refractivity contribution in [1.29, 1.82) is 0 Å². The normalized spacial score (nSPS) is 18.5. The lowest BCUT2D eigenvalue weighted by Crippen LogP contribution is -2.29. The summed E-state index contributed by atoms with van der Waals surface area (Å²) in [6.45, 7) is 2.85. The molecule has 1 saturated carbocycles. The monoisotopic (exact) mass is 151 g/mol. The van der Waals surface area contributed by atoms with E-state index in [1.165, 1.54) is 25.7 Å². The fraction of sp³-hybridized carbons (Fsp3) is 0.800. The second kappa shape index (κ2) is 4.41. The molecular formula is C10H17N. The summed E-state index contributed by atoms with van der Waals surface area (Å²) in [4.78, 5) is 2.38. The van der Waals surface area contributed by atoms with Crippen LogP contribution in [0.2, 0.25) is 0 Å². The molecule has 0 amide bonds. The van der Waals surface area contributed by atoms with Crippen molar-refractivity contribution in [3.8, 4) is 11.8 Å². The highest BCUT2D eigenvalue weighted by Gasteiger charge is 2.17. The SMILES string of the molecule is CC#CCN(C)C1CCCC1. The van der Waals surface area contributed by atoms with Gasteiger partial charge < -0.3 is 0 Å². The Hall–Kier alpha value is -0.480. The van der Waals surface area contributed by atoms with Crippen molar-refractivity contribution in [3.05, 3.63) is 0 Å². The highest BCUT2D eigenvalue weighted by molar-refractivity contribution is 4.98. The average molecular weight is 151 g/mol. The summed E-state index contributed by atoms with van der Waals surface area (Å²) in [5.41, 5.74) is 0. The Morgan fingerprint density at radius 1 is 1.36 bits per heavy atom. The first-order valence-corrected chi connectivity index (χ1v) is 4.44. The van der Waals surface area contributed by atoms with Crippen LogP contribution in [-0.4, -0.2) is 24.5 Å². The Bertz CT molecular complexity index is 157. The van der Waals surface area contributed by atoms with Crippen LogP contribution in [0.3, 0.4) is 0 Å². The minimum Gasteiger partial charge on any atom is -0.292 e. The van der Waals surface area contributed by atoms with E-state index in [-0.39, 0.29) is 0 Å². The second-order valence-electron chi connectivity index (χ2n) is 3.28. The van der Waals surface area contributed by atoms with Crippen LogP contribution in [0.1, 0.15) is 32.6 Å². The Morgan fingerprint density at radius 3 is 2.55 bits per heavy atom. The molecule has 0 atom stereocenters. The van der Waals surface area contributed by atoms with Gasteiger partial charge in [0, 0.05) is 6.04 Å². The molecule has 0 aromatic rings. The third kappa shape index (κ3) is 2.55. The number of rotatable bonds is 2. The Labute approximate surface area is 69.8 Å². The quantitative estimate of drug-likeness (QED) is 0.545. The van der Waals surface area contributed by atoms with Crippen LogP contribution in [-0.2, 0) is 0 Å². The van der Waals surface area contributed by atoms with Gasteiger partial charge in [-0.15, -0.1) is 5.92 Å². The molecule has 0 N–H and O–H groups in total. The highest BCUT2D eigenvalue weighted by atomic mass is 15.1. The first-order chi connectivity index (χ1) is 5.34. The van der Waals surface area contributed by atoms with Crippen molar-refractivity contribution in [2.45, 2.75) is 38.6 Å². The molecular weight excluding hydrogens is 134 g/mol. The van der Waals surface area contributed by atoms with E-state index in [2.05, 4.69) is 23.8 Å². The standard InChI is InChI=1S/C10H17N/c1-3-4-9-11(2)10-7-5-6-8-10/h10H,5-9H2,1-2H3. The Morgan fingerprint density at radius 2 is 2.00 bits per heavy atom. The zero-order valence-corrected chi connectivity index (χ0v) is 7.56. The van der Waals surface area contributed by atoms with Crippen LogP contribution in [0.25, 0.3) is 0 Å². The molecule has 0 aromatic carbocycles. The zero-order chi connectivity index (χ0) is 8.10. The van der Waals surface area contributed by atoms with Crippen LogP contribution in [0, 0.1) is 11.8 Å². The van der Waals surface area contributed by atoms with E-state index in [1.54, 1.807) is 0 Å². The van der Waals surface area contributed by atoms with Crippen molar-refractivity contribution < 1.29 is 0 Å². The summed E-state index contributed by atoms with van der Waals surface area (Å²) in [5, 5.41) is 0. The lowest BCUT2D eigenvalue weighted by Gasteiger charge is -2.20. The molecule has 0 aromatic heterocycles. The Kier molecular flexibility index (Phi) is 3.45. The van der Waals surface area contributed by atoms with Crippen LogP contribution in [0.4, 0.5) is 0 Å². The maximum absolute atomic E-state index is 3.10. The first kappa shape index (κ1) is 8.62. The van der Waals surface area contributed by atoms with E-state index in [0.29, 0.717) is 0 Å². The maximum Gasteiger partial charge on any atom is 0.0601 e. The molecule has 1 fully saturated rings. The molecule has 62 valence electrons. The largest absolute Gasteiger partial charge is 0.292 e. The van der Waals surface area contributed by atoms with Crippen LogP contribution in [0.5, 0.6) is 0 Å². The van der Waals surface area contributed by atoms with Gasteiger partial charge in [-0.3, -0.25) is 4.90 Å². The summed E-state index contributed by atoms with van der Waals surface area (Å²) >= 11 is 0. The van der Waals surface area contributed by atoms with Gasteiger partial charge in [-0.2, -0.15) is 0 Å². The van der Waals surface area contributed by atoms with Gasteiger partial charge in [0.25, 0.3) is 0 Å². The number of hydrogen-bond acceptors (Lipinski definition) is 1. The van der Waals surface area contributed by atoms with Crippen LogP contribution in [0.15, 0.2) is 0 Å². The molecule has 0 spiro atoms. The van der Waals surface area contributed by atoms with Crippen molar-refractivity contribution >= 4 is 0 Å².